The van der Waals surface area contributed by atoms with Crippen molar-refractivity contribution in [3.8, 4) is 0 Å². The Hall–Kier alpha value is -0.840. The molecule has 0 amide bonds. The zero-order valence-corrected chi connectivity index (χ0v) is 9.07. The smallest absolute Gasteiger partial charge is 0.207 e. The maximum Gasteiger partial charge on any atom is 0.417 e. The highest BCUT2D eigenvalue weighted by Gasteiger charge is 2.33. The van der Waals surface area contributed by atoms with Gasteiger partial charge >= 0.3 is 6.18 Å². The summed E-state index contributed by atoms with van der Waals surface area (Å²) in [6.45, 7) is 0. The van der Waals surface area contributed by atoms with E-state index in [-0.39, 0.29) is 5.56 Å². The lowest BCUT2D eigenvalue weighted by Crippen LogP contribution is -2.07. The van der Waals surface area contributed by atoms with Crippen molar-refractivity contribution in [1.82, 2.24) is 0 Å². The molecule has 1 rings (SSSR count). The predicted octanol–water partition coefficient (Wildman–Crippen LogP) is 4.25. The SMILES string of the molecule is Fc1ccc(C=CCBr)c(C(F)(F)F)c1. The molecule has 1 aromatic rings. The van der Waals surface area contributed by atoms with Crippen LogP contribution in [0.5, 0.6) is 0 Å². The van der Waals surface area contributed by atoms with Crippen LogP contribution < -0.4 is 0 Å². The molecule has 0 aliphatic heterocycles. The van der Waals surface area contributed by atoms with Crippen LogP contribution in [0.3, 0.4) is 0 Å². The summed E-state index contributed by atoms with van der Waals surface area (Å²) in [7, 11) is 0. The van der Waals surface area contributed by atoms with Gasteiger partial charge in [-0.05, 0) is 17.7 Å². The van der Waals surface area contributed by atoms with Gasteiger partial charge in [0, 0.05) is 5.33 Å². The van der Waals surface area contributed by atoms with E-state index in [1.165, 1.54) is 12.2 Å². The van der Waals surface area contributed by atoms with Crippen molar-refractivity contribution in [3.63, 3.8) is 0 Å². The van der Waals surface area contributed by atoms with Crippen molar-refractivity contribution in [2.45, 2.75) is 6.18 Å². The van der Waals surface area contributed by atoms with Gasteiger partial charge in [-0.2, -0.15) is 13.2 Å². The van der Waals surface area contributed by atoms with Gasteiger partial charge in [-0.1, -0.05) is 34.1 Å². The summed E-state index contributed by atoms with van der Waals surface area (Å²) in [5.74, 6) is -0.890. The van der Waals surface area contributed by atoms with Crippen LogP contribution in [0.1, 0.15) is 11.1 Å². The topological polar surface area (TPSA) is 0 Å². The molecule has 82 valence electrons. The number of benzene rings is 1. The minimum absolute atomic E-state index is 0.0386. The van der Waals surface area contributed by atoms with Gasteiger partial charge in [0.15, 0.2) is 0 Å². The Morgan fingerprint density at radius 3 is 2.47 bits per heavy atom. The third-order valence-electron chi connectivity index (χ3n) is 1.71. The lowest BCUT2D eigenvalue weighted by molar-refractivity contribution is -0.137. The number of hydrogen-bond donors (Lipinski definition) is 0. The molecular weight excluding hydrogens is 276 g/mol. The first kappa shape index (κ1) is 12.2. The third kappa shape index (κ3) is 3.34. The van der Waals surface area contributed by atoms with E-state index in [1.54, 1.807) is 0 Å². The van der Waals surface area contributed by atoms with E-state index in [1.807, 2.05) is 0 Å². The summed E-state index contributed by atoms with van der Waals surface area (Å²) in [6.07, 6.45) is -1.71. The Morgan fingerprint density at radius 2 is 1.93 bits per heavy atom. The molecule has 0 aromatic heterocycles. The quantitative estimate of drug-likeness (QED) is 0.562. The summed E-state index contributed by atoms with van der Waals surface area (Å²) in [6, 6.07) is 2.61. The highest BCUT2D eigenvalue weighted by atomic mass is 79.9. The first-order valence-electron chi connectivity index (χ1n) is 4.04. The average molecular weight is 283 g/mol. The van der Waals surface area contributed by atoms with E-state index < -0.39 is 17.6 Å². The molecule has 0 spiro atoms. The first-order chi connectivity index (χ1) is 6.95. The van der Waals surface area contributed by atoms with E-state index >= 15 is 0 Å². The zero-order valence-electron chi connectivity index (χ0n) is 7.48. The number of hydrogen-bond acceptors (Lipinski definition) is 0. The Kier molecular flexibility index (Phi) is 3.90. The monoisotopic (exact) mass is 282 g/mol. The second kappa shape index (κ2) is 4.79. The van der Waals surface area contributed by atoms with E-state index in [2.05, 4.69) is 15.9 Å². The van der Waals surface area contributed by atoms with Crippen LogP contribution in [0.15, 0.2) is 24.3 Å². The normalized spacial score (nSPS) is 12.3. The minimum Gasteiger partial charge on any atom is -0.207 e. The van der Waals surface area contributed by atoms with Gasteiger partial charge in [-0.25, -0.2) is 4.39 Å². The molecule has 0 saturated carbocycles. The highest BCUT2D eigenvalue weighted by molar-refractivity contribution is 9.09. The standard InChI is InChI=1S/C10H7BrF4/c11-5-1-2-7-3-4-8(12)6-9(7)10(13,14)15/h1-4,6H,5H2. The van der Waals surface area contributed by atoms with Crippen molar-refractivity contribution in [3.05, 3.63) is 41.2 Å². The van der Waals surface area contributed by atoms with Gasteiger partial charge in [-0.3, -0.25) is 0 Å². The highest BCUT2D eigenvalue weighted by Crippen LogP contribution is 2.33. The van der Waals surface area contributed by atoms with Gasteiger partial charge in [0.2, 0.25) is 0 Å². The third-order valence-corrected chi connectivity index (χ3v) is 2.08. The van der Waals surface area contributed by atoms with E-state index in [4.69, 9.17) is 0 Å². The lowest BCUT2D eigenvalue weighted by Gasteiger charge is -2.09. The molecule has 0 nitrogen and oxygen atoms in total. The van der Waals surface area contributed by atoms with Crippen LogP contribution in [0.2, 0.25) is 0 Å². The second-order valence-electron chi connectivity index (χ2n) is 2.79. The van der Waals surface area contributed by atoms with Crippen molar-refractivity contribution in [2.75, 3.05) is 5.33 Å². The fraction of sp³-hybridized carbons (Fsp3) is 0.200. The summed E-state index contributed by atoms with van der Waals surface area (Å²) >= 11 is 3.05. The van der Waals surface area contributed by atoms with Crippen molar-refractivity contribution in [1.29, 1.82) is 0 Å². The van der Waals surface area contributed by atoms with Gasteiger partial charge in [0.1, 0.15) is 5.82 Å². The molecule has 0 radical (unpaired) electrons. The Bertz CT molecular complexity index is 368. The molecule has 0 aliphatic carbocycles. The average Bonchev–Trinajstić information content (AvgIpc) is 2.14. The van der Waals surface area contributed by atoms with Crippen LogP contribution in [0, 0.1) is 5.82 Å². The predicted molar refractivity (Wildman–Crippen MR) is 54.2 cm³/mol. The number of rotatable bonds is 2. The maximum absolute atomic E-state index is 12.7. The second-order valence-corrected chi connectivity index (χ2v) is 3.43. The van der Waals surface area contributed by atoms with Gasteiger partial charge in [0.05, 0.1) is 5.56 Å². The largest absolute Gasteiger partial charge is 0.417 e. The molecule has 1 aromatic carbocycles. The van der Waals surface area contributed by atoms with Crippen molar-refractivity contribution in [2.24, 2.45) is 0 Å². The molecule has 0 fully saturated rings. The van der Waals surface area contributed by atoms with Crippen molar-refractivity contribution >= 4 is 22.0 Å². The Morgan fingerprint density at radius 1 is 1.27 bits per heavy atom. The van der Waals surface area contributed by atoms with Crippen LogP contribution in [-0.4, -0.2) is 5.33 Å². The Balaban J connectivity index is 3.21. The molecule has 0 unspecified atom stereocenters. The molecular formula is C10H7BrF4. The summed E-state index contributed by atoms with van der Waals surface area (Å²) in [5, 5.41) is 0.446. The summed E-state index contributed by atoms with van der Waals surface area (Å²) in [5.41, 5.74) is -0.997. The number of alkyl halides is 4. The summed E-state index contributed by atoms with van der Waals surface area (Å²) < 4.78 is 50.0. The van der Waals surface area contributed by atoms with Gasteiger partial charge < -0.3 is 0 Å². The summed E-state index contributed by atoms with van der Waals surface area (Å²) in [4.78, 5) is 0. The Labute approximate surface area is 92.7 Å². The fourth-order valence-electron chi connectivity index (χ4n) is 1.09. The molecule has 5 heteroatoms. The first-order valence-corrected chi connectivity index (χ1v) is 5.16. The van der Waals surface area contributed by atoms with Gasteiger partial charge in [0.25, 0.3) is 0 Å². The fourth-order valence-corrected chi connectivity index (χ4v) is 1.28. The molecule has 0 heterocycles. The van der Waals surface area contributed by atoms with Crippen molar-refractivity contribution < 1.29 is 17.6 Å². The molecule has 0 saturated heterocycles. The molecule has 0 aliphatic rings. The van der Waals surface area contributed by atoms with Crippen LogP contribution in [0.4, 0.5) is 17.6 Å². The number of allylic oxidation sites excluding steroid dienone is 1. The zero-order chi connectivity index (χ0) is 11.5. The minimum atomic E-state index is -4.53. The molecule has 0 N–H and O–H groups in total. The molecule has 0 atom stereocenters. The van der Waals surface area contributed by atoms with Crippen LogP contribution >= 0.6 is 15.9 Å². The number of halogens is 5. The lowest BCUT2D eigenvalue weighted by atomic mass is 10.1. The van der Waals surface area contributed by atoms with Crippen LogP contribution in [-0.2, 0) is 6.18 Å². The molecule has 15 heavy (non-hydrogen) atoms. The van der Waals surface area contributed by atoms with Gasteiger partial charge in [-0.15, -0.1) is 0 Å². The van der Waals surface area contributed by atoms with E-state index in [0.717, 1.165) is 12.1 Å². The van der Waals surface area contributed by atoms with Crippen LogP contribution in [0.25, 0.3) is 6.08 Å². The van der Waals surface area contributed by atoms with E-state index in [9.17, 15) is 17.6 Å². The maximum atomic E-state index is 12.7. The molecule has 0 bridgehead atoms. The van der Waals surface area contributed by atoms with E-state index in [0.29, 0.717) is 11.4 Å².